The molecular weight excluding hydrogens is 489 g/mol. The van der Waals surface area contributed by atoms with Gasteiger partial charge in [-0.2, -0.15) is 0 Å². The summed E-state index contributed by atoms with van der Waals surface area (Å²) in [5.74, 6) is 1.02. The second-order valence-corrected chi connectivity index (χ2v) is 7.20. The van der Waals surface area contributed by atoms with Crippen LogP contribution in [0.3, 0.4) is 0 Å². The molecule has 0 aliphatic carbocycles. The largest absolute Gasteiger partial charge is 0.357 e. The molecule has 2 heterocycles. The smallest absolute Gasteiger partial charge is 0.222 e. The molecule has 30 heavy (non-hydrogen) atoms. The minimum Gasteiger partial charge on any atom is -0.357 e. The fraction of sp³-hybridized carbons (Fsp3) is 0.435. The topological polar surface area (TPSA) is 69.6 Å². The van der Waals surface area contributed by atoms with Crippen LogP contribution in [0.4, 0.5) is 0 Å². The average Bonchev–Trinajstić information content (AvgIpc) is 2.77. The van der Waals surface area contributed by atoms with Gasteiger partial charge in [0.1, 0.15) is 0 Å². The molecule has 2 N–H and O–H groups in total. The van der Waals surface area contributed by atoms with E-state index in [0.29, 0.717) is 13.0 Å². The molecular formula is C23H32IN5O. The van der Waals surface area contributed by atoms with E-state index < -0.39 is 0 Å². The zero-order chi connectivity index (χ0) is 20.3. The Morgan fingerprint density at radius 2 is 1.93 bits per heavy atom. The van der Waals surface area contributed by atoms with E-state index in [9.17, 15) is 4.79 Å². The van der Waals surface area contributed by atoms with Crippen LogP contribution in [-0.2, 0) is 24.2 Å². The lowest BCUT2D eigenvalue weighted by Gasteiger charge is -2.28. The van der Waals surface area contributed by atoms with Gasteiger partial charge < -0.3 is 15.5 Å². The highest BCUT2D eigenvalue weighted by molar-refractivity contribution is 14.0. The van der Waals surface area contributed by atoms with Crippen molar-refractivity contribution in [2.45, 2.75) is 39.2 Å². The Bertz CT molecular complexity index is 812. The van der Waals surface area contributed by atoms with Gasteiger partial charge in [-0.15, -0.1) is 24.0 Å². The Hall–Kier alpha value is -2.16. The number of nitrogens with zero attached hydrogens (tertiary/aromatic N) is 3. The van der Waals surface area contributed by atoms with Crippen molar-refractivity contribution < 1.29 is 4.79 Å². The number of pyridine rings is 1. The summed E-state index contributed by atoms with van der Waals surface area (Å²) in [5, 5.41) is 6.59. The molecule has 0 atom stereocenters. The van der Waals surface area contributed by atoms with Crippen molar-refractivity contribution in [3.8, 4) is 0 Å². The molecule has 162 valence electrons. The standard InChI is InChI=1S/C23H31N5O.HI/c1-2-24-23(27-16-12-21-10-5-6-14-25-21)26-15-7-11-22(29)28-17-13-19-8-3-4-9-20(19)18-28;/h3-6,8-10,14H,2,7,11-13,15-18H2,1H3,(H2,24,26,27);1H. The SMILES string of the molecule is CCNC(=NCCCC(=O)N1CCc2ccccc2C1)NCCc1ccccn1.I. The fourth-order valence-corrected chi connectivity index (χ4v) is 3.48. The van der Waals surface area contributed by atoms with Gasteiger partial charge in [-0.3, -0.25) is 14.8 Å². The first-order valence-electron chi connectivity index (χ1n) is 10.5. The highest BCUT2D eigenvalue weighted by atomic mass is 127. The predicted molar refractivity (Wildman–Crippen MR) is 132 cm³/mol. The molecule has 0 fully saturated rings. The Labute approximate surface area is 196 Å². The summed E-state index contributed by atoms with van der Waals surface area (Å²) in [7, 11) is 0. The number of rotatable bonds is 8. The number of hydrogen-bond donors (Lipinski definition) is 2. The Balaban J connectivity index is 0.00000320. The predicted octanol–water partition coefficient (Wildman–Crippen LogP) is 3.16. The van der Waals surface area contributed by atoms with Crippen LogP contribution < -0.4 is 10.6 Å². The summed E-state index contributed by atoms with van der Waals surface area (Å²) in [4.78, 5) is 23.5. The quantitative estimate of drug-likeness (QED) is 0.243. The number of amides is 1. The summed E-state index contributed by atoms with van der Waals surface area (Å²) in [6.07, 6.45) is 4.91. The van der Waals surface area contributed by atoms with E-state index in [2.05, 4.69) is 38.8 Å². The van der Waals surface area contributed by atoms with Crippen LogP contribution in [0, 0.1) is 0 Å². The van der Waals surface area contributed by atoms with E-state index in [1.54, 1.807) is 0 Å². The second kappa shape index (κ2) is 13.2. The number of fused-ring (bicyclic) bond motifs is 1. The second-order valence-electron chi connectivity index (χ2n) is 7.20. The summed E-state index contributed by atoms with van der Waals surface area (Å²) >= 11 is 0. The van der Waals surface area contributed by atoms with Gasteiger partial charge in [-0.1, -0.05) is 30.3 Å². The molecule has 6 nitrogen and oxygen atoms in total. The van der Waals surface area contributed by atoms with Crippen molar-refractivity contribution in [1.82, 2.24) is 20.5 Å². The van der Waals surface area contributed by atoms with E-state index in [1.807, 2.05) is 42.3 Å². The number of hydrogen-bond acceptors (Lipinski definition) is 3. The van der Waals surface area contributed by atoms with E-state index in [4.69, 9.17) is 0 Å². The molecule has 0 radical (unpaired) electrons. The van der Waals surface area contributed by atoms with Crippen LogP contribution in [0.1, 0.15) is 36.6 Å². The summed E-state index contributed by atoms with van der Waals surface area (Å²) < 4.78 is 0. The van der Waals surface area contributed by atoms with Gasteiger partial charge in [0.15, 0.2) is 5.96 Å². The number of guanidine groups is 1. The summed E-state index contributed by atoms with van der Waals surface area (Å²) in [6, 6.07) is 14.3. The van der Waals surface area contributed by atoms with Crippen molar-refractivity contribution in [3.05, 3.63) is 65.5 Å². The number of carbonyl (C=O) groups excluding carboxylic acids is 1. The third kappa shape index (κ3) is 7.59. The van der Waals surface area contributed by atoms with Gasteiger partial charge in [-0.05, 0) is 43.0 Å². The number of halogens is 1. The first kappa shape index (κ1) is 24.1. The van der Waals surface area contributed by atoms with Crippen molar-refractivity contribution in [1.29, 1.82) is 0 Å². The average molecular weight is 521 g/mol. The van der Waals surface area contributed by atoms with Gasteiger partial charge in [0.25, 0.3) is 0 Å². The molecule has 0 unspecified atom stereocenters. The highest BCUT2D eigenvalue weighted by Gasteiger charge is 2.19. The van der Waals surface area contributed by atoms with Crippen molar-refractivity contribution in [3.63, 3.8) is 0 Å². The third-order valence-electron chi connectivity index (χ3n) is 5.05. The maximum atomic E-state index is 12.5. The van der Waals surface area contributed by atoms with Crippen LogP contribution in [0.15, 0.2) is 53.7 Å². The highest BCUT2D eigenvalue weighted by Crippen LogP contribution is 2.19. The van der Waals surface area contributed by atoms with Crippen molar-refractivity contribution >= 4 is 35.8 Å². The molecule has 0 bridgehead atoms. The first-order chi connectivity index (χ1) is 14.3. The summed E-state index contributed by atoms with van der Waals surface area (Å²) in [5.41, 5.74) is 3.70. The maximum Gasteiger partial charge on any atom is 0.222 e. The van der Waals surface area contributed by atoms with Gasteiger partial charge in [0, 0.05) is 57.5 Å². The monoisotopic (exact) mass is 521 g/mol. The van der Waals surface area contributed by atoms with Crippen LogP contribution >= 0.6 is 24.0 Å². The molecule has 3 rings (SSSR count). The molecule has 1 amide bonds. The molecule has 1 aliphatic rings. The normalized spacial score (nSPS) is 13.2. The van der Waals surface area contributed by atoms with Crippen LogP contribution in [0.5, 0.6) is 0 Å². The minimum absolute atomic E-state index is 0. The third-order valence-corrected chi connectivity index (χ3v) is 5.05. The number of aromatic nitrogens is 1. The van der Waals surface area contributed by atoms with Crippen LogP contribution in [-0.4, -0.2) is 47.9 Å². The lowest BCUT2D eigenvalue weighted by Crippen LogP contribution is -2.38. The Morgan fingerprint density at radius 3 is 2.70 bits per heavy atom. The molecule has 7 heteroatoms. The van der Waals surface area contributed by atoms with E-state index in [1.165, 1.54) is 11.1 Å². The first-order valence-corrected chi connectivity index (χ1v) is 10.5. The van der Waals surface area contributed by atoms with Crippen molar-refractivity contribution in [2.24, 2.45) is 4.99 Å². The fourth-order valence-electron chi connectivity index (χ4n) is 3.48. The van der Waals surface area contributed by atoms with Crippen LogP contribution in [0.2, 0.25) is 0 Å². The number of aliphatic imine (C=N–C) groups is 1. The number of benzene rings is 1. The number of nitrogens with one attached hydrogen (secondary N) is 2. The maximum absolute atomic E-state index is 12.5. The molecule has 1 aromatic carbocycles. The lowest BCUT2D eigenvalue weighted by atomic mass is 9.99. The van der Waals surface area contributed by atoms with E-state index >= 15 is 0 Å². The minimum atomic E-state index is 0. The molecule has 2 aromatic rings. The van der Waals surface area contributed by atoms with Gasteiger partial charge in [-0.25, -0.2) is 0 Å². The van der Waals surface area contributed by atoms with Gasteiger partial charge in [0.2, 0.25) is 5.91 Å². The zero-order valence-corrected chi connectivity index (χ0v) is 20.0. The Kier molecular flexibility index (Phi) is 10.6. The molecule has 0 saturated carbocycles. The molecule has 0 saturated heterocycles. The molecule has 0 spiro atoms. The zero-order valence-electron chi connectivity index (χ0n) is 17.6. The molecule has 1 aliphatic heterocycles. The lowest BCUT2D eigenvalue weighted by molar-refractivity contribution is -0.132. The van der Waals surface area contributed by atoms with Gasteiger partial charge >= 0.3 is 0 Å². The Morgan fingerprint density at radius 1 is 1.13 bits per heavy atom. The summed E-state index contributed by atoms with van der Waals surface area (Å²) in [6.45, 7) is 5.81. The molecule has 1 aromatic heterocycles. The van der Waals surface area contributed by atoms with Crippen LogP contribution in [0.25, 0.3) is 0 Å². The van der Waals surface area contributed by atoms with Crippen molar-refractivity contribution in [2.75, 3.05) is 26.2 Å². The van der Waals surface area contributed by atoms with E-state index in [0.717, 1.165) is 57.1 Å². The van der Waals surface area contributed by atoms with Gasteiger partial charge in [0.05, 0.1) is 0 Å². The van der Waals surface area contributed by atoms with E-state index in [-0.39, 0.29) is 29.9 Å². The number of carbonyl (C=O) groups is 1.